The summed E-state index contributed by atoms with van der Waals surface area (Å²) in [5, 5.41) is 2.77. The Morgan fingerprint density at radius 2 is 2.08 bits per heavy atom. The Morgan fingerprint density at radius 1 is 1.29 bits per heavy atom. The first kappa shape index (κ1) is 16.2. The Hall–Kier alpha value is -2.63. The molecule has 0 aliphatic carbocycles. The number of para-hydroxylation sites is 2. The Balaban J connectivity index is 1.77. The first-order chi connectivity index (χ1) is 11.6. The predicted molar refractivity (Wildman–Crippen MR) is 88.5 cm³/mol. The lowest BCUT2D eigenvalue weighted by Crippen LogP contribution is -2.37. The lowest BCUT2D eigenvalue weighted by Gasteiger charge is -2.31. The summed E-state index contributed by atoms with van der Waals surface area (Å²) in [6.45, 7) is 0.544. The van der Waals surface area contributed by atoms with Gasteiger partial charge in [-0.2, -0.15) is 0 Å². The van der Waals surface area contributed by atoms with Crippen molar-refractivity contribution in [2.45, 2.75) is 12.8 Å². The Bertz CT molecular complexity index is 765. The molecule has 0 atom stereocenters. The van der Waals surface area contributed by atoms with E-state index in [1.165, 1.54) is 13.2 Å². The lowest BCUT2D eigenvalue weighted by atomic mass is 10.0. The number of nitrogens with one attached hydrogen (secondary N) is 1. The highest BCUT2D eigenvalue weighted by atomic mass is 19.1. The number of benzene rings is 2. The third kappa shape index (κ3) is 3.32. The number of carbonyl (C=O) groups is 1. The van der Waals surface area contributed by atoms with Gasteiger partial charge >= 0.3 is 0 Å². The largest absolute Gasteiger partial charge is 0.495 e. The van der Waals surface area contributed by atoms with Crippen LogP contribution in [0.5, 0.6) is 5.75 Å². The molecule has 0 unspecified atom stereocenters. The van der Waals surface area contributed by atoms with E-state index in [0.717, 1.165) is 12.5 Å². The highest BCUT2D eigenvalue weighted by Gasteiger charge is 2.23. The number of carbonyl (C=O) groups excluding carboxylic acids is 1. The summed E-state index contributed by atoms with van der Waals surface area (Å²) in [7, 11) is 1.52. The summed E-state index contributed by atoms with van der Waals surface area (Å²) in [6.07, 6.45) is 1.35. The smallest absolute Gasteiger partial charge is 0.243 e. The van der Waals surface area contributed by atoms with Gasteiger partial charge < -0.3 is 15.0 Å². The number of hydrogen-bond acceptors (Lipinski definition) is 3. The number of ether oxygens (including phenoxy) is 1. The average molecular weight is 332 g/mol. The van der Waals surface area contributed by atoms with Crippen molar-refractivity contribution in [3.8, 4) is 5.75 Å². The summed E-state index contributed by atoms with van der Waals surface area (Å²) < 4.78 is 32.7. The van der Waals surface area contributed by atoms with Gasteiger partial charge in [-0.05, 0) is 36.6 Å². The van der Waals surface area contributed by atoms with Crippen LogP contribution in [0.1, 0.15) is 12.0 Å². The molecule has 1 heterocycles. The molecule has 0 radical (unpaired) electrons. The van der Waals surface area contributed by atoms with Crippen LogP contribution < -0.4 is 15.0 Å². The molecule has 0 fully saturated rings. The normalized spacial score (nSPS) is 13.4. The van der Waals surface area contributed by atoms with Gasteiger partial charge in [-0.3, -0.25) is 4.79 Å². The van der Waals surface area contributed by atoms with Crippen molar-refractivity contribution in [2.24, 2.45) is 0 Å². The molecule has 1 aliphatic rings. The summed E-state index contributed by atoms with van der Waals surface area (Å²) in [6, 6.07) is 9.26. The number of hydrogen-bond donors (Lipinski definition) is 1. The third-order valence-corrected chi connectivity index (χ3v) is 4.01. The Morgan fingerprint density at radius 3 is 2.88 bits per heavy atom. The van der Waals surface area contributed by atoms with Gasteiger partial charge in [0.15, 0.2) is 0 Å². The van der Waals surface area contributed by atoms with E-state index >= 15 is 0 Å². The minimum Gasteiger partial charge on any atom is -0.495 e. The molecule has 1 amide bonds. The van der Waals surface area contributed by atoms with Crippen molar-refractivity contribution in [3.63, 3.8) is 0 Å². The second-order valence-electron chi connectivity index (χ2n) is 5.67. The molecular weight excluding hydrogens is 314 g/mol. The number of anilines is 2. The van der Waals surface area contributed by atoms with Gasteiger partial charge in [0, 0.05) is 12.6 Å². The van der Waals surface area contributed by atoms with E-state index in [0.29, 0.717) is 35.7 Å². The van der Waals surface area contributed by atoms with E-state index in [1.54, 1.807) is 29.2 Å². The van der Waals surface area contributed by atoms with Crippen LogP contribution in [-0.2, 0) is 11.2 Å². The van der Waals surface area contributed by atoms with E-state index in [2.05, 4.69) is 5.32 Å². The van der Waals surface area contributed by atoms with Crippen molar-refractivity contribution in [1.29, 1.82) is 0 Å². The second-order valence-corrected chi connectivity index (χ2v) is 5.67. The molecule has 3 rings (SSSR count). The van der Waals surface area contributed by atoms with E-state index in [1.807, 2.05) is 0 Å². The zero-order chi connectivity index (χ0) is 17.1. The summed E-state index contributed by atoms with van der Waals surface area (Å²) >= 11 is 0. The summed E-state index contributed by atoms with van der Waals surface area (Å²) in [5.41, 5.74) is 1.48. The minimum atomic E-state index is -0.630. The van der Waals surface area contributed by atoms with Crippen LogP contribution in [0, 0.1) is 11.6 Å². The van der Waals surface area contributed by atoms with Crippen molar-refractivity contribution < 1.29 is 18.3 Å². The van der Waals surface area contributed by atoms with E-state index in [4.69, 9.17) is 4.74 Å². The van der Waals surface area contributed by atoms with Gasteiger partial charge in [0.25, 0.3) is 0 Å². The number of nitrogens with zero attached hydrogens (tertiary/aromatic N) is 1. The monoisotopic (exact) mass is 332 g/mol. The molecule has 2 aromatic rings. The van der Waals surface area contributed by atoms with Crippen LogP contribution in [0.25, 0.3) is 0 Å². The standard InChI is InChI=1S/C18H18F2N2O2/c1-24-16-7-3-2-6-15(16)21-17(23)11-22-8-4-5-12-9-13(19)10-14(20)18(12)22/h2-3,6-7,9-10H,4-5,8,11H2,1H3,(H,21,23). The van der Waals surface area contributed by atoms with Crippen molar-refractivity contribution in [1.82, 2.24) is 0 Å². The SMILES string of the molecule is COc1ccccc1NC(=O)CN1CCCc2cc(F)cc(F)c21. The van der Waals surface area contributed by atoms with Crippen LogP contribution >= 0.6 is 0 Å². The van der Waals surface area contributed by atoms with E-state index in [9.17, 15) is 13.6 Å². The van der Waals surface area contributed by atoms with E-state index in [-0.39, 0.29) is 12.5 Å². The van der Waals surface area contributed by atoms with Crippen molar-refractivity contribution >= 4 is 17.3 Å². The van der Waals surface area contributed by atoms with Gasteiger partial charge in [0.2, 0.25) is 5.91 Å². The van der Waals surface area contributed by atoms with Crippen LogP contribution in [0.4, 0.5) is 20.2 Å². The topological polar surface area (TPSA) is 41.6 Å². The fraction of sp³-hybridized carbons (Fsp3) is 0.278. The molecule has 6 heteroatoms. The summed E-state index contributed by atoms with van der Waals surface area (Å²) in [4.78, 5) is 14.0. The number of methoxy groups -OCH3 is 1. The van der Waals surface area contributed by atoms with E-state index < -0.39 is 11.6 Å². The number of aryl methyl sites for hydroxylation is 1. The zero-order valence-corrected chi connectivity index (χ0v) is 13.3. The number of halogens is 2. The Labute approximate surface area is 139 Å². The molecule has 24 heavy (non-hydrogen) atoms. The minimum absolute atomic E-state index is 0.00635. The van der Waals surface area contributed by atoms with Crippen molar-refractivity contribution in [3.05, 3.63) is 53.6 Å². The molecule has 0 aromatic heterocycles. The maximum atomic E-state index is 14.1. The van der Waals surface area contributed by atoms with Crippen LogP contribution in [-0.4, -0.2) is 26.1 Å². The maximum absolute atomic E-state index is 14.1. The van der Waals surface area contributed by atoms with Gasteiger partial charge in [0.05, 0.1) is 25.0 Å². The fourth-order valence-electron chi connectivity index (χ4n) is 3.01. The summed E-state index contributed by atoms with van der Waals surface area (Å²) in [5.74, 6) is -0.949. The molecular formula is C18H18F2N2O2. The van der Waals surface area contributed by atoms with Gasteiger partial charge in [-0.1, -0.05) is 12.1 Å². The molecule has 0 saturated carbocycles. The van der Waals surface area contributed by atoms with Gasteiger partial charge in [0.1, 0.15) is 17.4 Å². The molecule has 1 N–H and O–H groups in total. The fourth-order valence-corrected chi connectivity index (χ4v) is 3.01. The first-order valence-corrected chi connectivity index (χ1v) is 7.74. The molecule has 0 spiro atoms. The van der Waals surface area contributed by atoms with Crippen LogP contribution in [0.15, 0.2) is 36.4 Å². The van der Waals surface area contributed by atoms with Crippen LogP contribution in [0.2, 0.25) is 0 Å². The molecule has 1 aliphatic heterocycles. The number of amides is 1. The molecule has 126 valence electrons. The highest BCUT2D eigenvalue weighted by molar-refractivity contribution is 5.95. The average Bonchev–Trinajstić information content (AvgIpc) is 2.54. The van der Waals surface area contributed by atoms with Crippen LogP contribution in [0.3, 0.4) is 0 Å². The third-order valence-electron chi connectivity index (χ3n) is 4.01. The zero-order valence-electron chi connectivity index (χ0n) is 13.3. The molecule has 0 bridgehead atoms. The highest BCUT2D eigenvalue weighted by Crippen LogP contribution is 2.31. The quantitative estimate of drug-likeness (QED) is 0.933. The maximum Gasteiger partial charge on any atom is 0.243 e. The predicted octanol–water partition coefficient (Wildman–Crippen LogP) is 3.36. The first-order valence-electron chi connectivity index (χ1n) is 7.74. The number of rotatable bonds is 4. The molecule has 4 nitrogen and oxygen atoms in total. The molecule has 0 saturated heterocycles. The second kappa shape index (κ2) is 6.86. The lowest BCUT2D eigenvalue weighted by molar-refractivity contribution is -0.115. The molecule has 2 aromatic carbocycles. The number of fused-ring (bicyclic) bond motifs is 1. The van der Waals surface area contributed by atoms with Gasteiger partial charge in [-0.15, -0.1) is 0 Å². The van der Waals surface area contributed by atoms with Crippen molar-refractivity contribution in [2.75, 3.05) is 30.4 Å². The Kier molecular flexibility index (Phi) is 4.64. The van der Waals surface area contributed by atoms with Gasteiger partial charge in [-0.25, -0.2) is 8.78 Å².